The average Bonchev–Trinajstić information content (AvgIpc) is 2.72. The molecule has 0 radical (unpaired) electrons. The molecule has 0 aromatic carbocycles. The molecule has 2 N–H and O–H groups in total. The van der Waals surface area contributed by atoms with E-state index in [1.54, 1.807) is 25.6 Å². The van der Waals surface area contributed by atoms with Crippen molar-refractivity contribution in [1.29, 1.82) is 0 Å². The lowest BCUT2D eigenvalue weighted by Crippen LogP contribution is -2.51. The first-order valence-electron chi connectivity index (χ1n) is 6.77. The van der Waals surface area contributed by atoms with E-state index >= 15 is 0 Å². The van der Waals surface area contributed by atoms with Crippen molar-refractivity contribution in [1.82, 2.24) is 9.88 Å². The van der Waals surface area contributed by atoms with E-state index in [0.717, 1.165) is 12.8 Å². The largest absolute Gasteiger partial charge is 0.495 e. The van der Waals surface area contributed by atoms with Crippen molar-refractivity contribution in [2.24, 2.45) is 0 Å². The van der Waals surface area contributed by atoms with Gasteiger partial charge in [0.2, 0.25) is 0 Å². The molecule has 1 amide bonds. The Morgan fingerprint density at radius 1 is 1.45 bits per heavy atom. The topological polar surface area (TPSA) is 82.9 Å². The van der Waals surface area contributed by atoms with E-state index in [-0.39, 0.29) is 12.1 Å². The van der Waals surface area contributed by atoms with Gasteiger partial charge in [0.15, 0.2) is 0 Å². The maximum atomic E-state index is 11.3. The van der Waals surface area contributed by atoms with E-state index in [9.17, 15) is 15.0 Å². The van der Waals surface area contributed by atoms with Crippen LogP contribution in [0.2, 0.25) is 0 Å². The minimum atomic E-state index is -1.04. The fourth-order valence-corrected chi connectivity index (χ4v) is 3.68. The third kappa shape index (κ3) is 1.91. The molecule has 0 spiro atoms. The third-order valence-corrected chi connectivity index (χ3v) is 4.49. The summed E-state index contributed by atoms with van der Waals surface area (Å²) in [6.07, 6.45) is 4.77. The van der Waals surface area contributed by atoms with Gasteiger partial charge in [-0.15, -0.1) is 0 Å². The monoisotopic (exact) mass is 278 g/mol. The normalized spacial score (nSPS) is 32.2. The highest BCUT2D eigenvalue weighted by molar-refractivity contribution is 5.67. The van der Waals surface area contributed by atoms with Gasteiger partial charge in [-0.1, -0.05) is 0 Å². The van der Waals surface area contributed by atoms with E-state index < -0.39 is 11.7 Å². The molecule has 108 valence electrons. The van der Waals surface area contributed by atoms with Crippen LogP contribution in [0.3, 0.4) is 0 Å². The van der Waals surface area contributed by atoms with Gasteiger partial charge in [-0.25, -0.2) is 4.79 Å². The quantitative estimate of drug-likeness (QED) is 0.858. The minimum absolute atomic E-state index is 0.117. The number of methoxy groups -OCH3 is 1. The number of aliphatic hydroxyl groups is 1. The van der Waals surface area contributed by atoms with Crippen molar-refractivity contribution in [2.45, 2.75) is 43.4 Å². The van der Waals surface area contributed by atoms with Crippen LogP contribution in [0.25, 0.3) is 0 Å². The number of aromatic nitrogens is 1. The summed E-state index contributed by atoms with van der Waals surface area (Å²) >= 11 is 0. The van der Waals surface area contributed by atoms with Crippen molar-refractivity contribution in [3.63, 3.8) is 0 Å². The molecule has 3 heterocycles. The number of carboxylic acid groups (broad SMARTS) is 1. The molecule has 1 aromatic rings. The molecule has 3 atom stereocenters. The van der Waals surface area contributed by atoms with Crippen LogP contribution in [-0.2, 0) is 5.60 Å². The number of ether oxygens (including phenoxy) is 1. The Bertz CT molecular complexity index is 520. The molecular weight excluding hydrogens is 260 g/mol. The zero-order valence-electron chi connectivity index (χ0n) is 11.3. The molecule has 2 aliphatic heterocycles. The molecular formula is C14H18N2O4. The summed E-state index contributed by atoms with van der Waals surface area (Å²) in [6.45, 7) is 0. The van der Waals surface area contributed by atoms with Crippen molar-refractivity contribution in [3.05, 3.63) is 24.0 Å². The van der Waals surface area contributed by atoms with Crippen LogP contribution in [0.4, 0.5) is 4.79 Å². The summed E-state index contributed by atoms with van der Waals surface area (Å²) in [4.78, 5) is 16.8. The van der Waals surface area contributed by atoms with Crippen LogP contribution in [0, 0.1) is 0 Å². The van der Waals surface area contributed by atoms with Crippen LogP contribution in [-0.4, -0.2) is 45.4 Å². The fourth-order valence-electron chi connectivity index (χ4n) is 3.68. The number of fused-ring (bicyclic) bond motifs is 2. The Balaban J connectivity index is 1.94. The molecule has 0 saturated carbocycles. The fraction of sp³-hybridized carbons (Fsp3) is 0.571. The second kappa shape index (κ2) is 4.63. The minimum Gasteiger partial charge on any atom is -0.495 e. The van der Waals surface area contributed by atoms with Crippen LogP contribution in [0.1, 0.15) is 31.2 Å². The van der Waals surface area contributed by atoms with Gasteiger partial charge in [-0.05, 0) is 18.9 Å². The van der Waals surface area contributed by atoms with Gasteiger partial charge < -0.3 is 19.8 Å². The Morgan fingerprint density at radius 3 is 2.65 bits per heavy atom. The van der Waals surface area contributed by atoms with E-state index in [1.165, 1.54) is 4.90 Å². The molecule has 2 fully saturated rings. The second-order valence-electron chi connectivity index (χ2n) is 5.59. The van der Waals surface area contributed by atoms with E-state index in [4.69, 9.17) is 4.74 Å². The van der Waals surface area contributed by atoms with Gasteiger partial charge in [0.1, 0.15) is 5.75 Å². The summed E-state index contributed by atoms with van der Waals surface area (Å²) in [5, 5.41) is 20.3. The predicted octanol–water partition coefficient (Wildman–Crippen LogP) is 1.58. The van der Waals surface area contributed by atoms with Crippen molar-refractivity contribution < 1.29 is 19.7 Å². The second-order valence-corrected chi connectivity index (χ2v) is 5.59. The molecule has 2 aliphatic rings. The highest BCUT2D eigenvalue weighted by Gasteiger charge is 2.51. The average molecular weight is 278 g/mol. The number of piperidine rings is 1. The molecule has 6 nitrogen and oxygen atoms in total. The van der Waals surface area contributed by atoms with Crippen LogP contribution in [0.5, 0.6) is 5.75 Å². The highest BCUT2D eigenvalue weighted by atomic mass is 16.5. The number of hydrogen-bond donors (Lipinski definition) is 2. The van der Waals surface area contributed by atoms with Crippen molar-refractivity contribution in [3.8, 4) is 5.75 Å². The third-order valence-electron chi connectivity index (χ3n) is 4.49. The lowest BCUT2D eigenvalue weighted by molar-refractivity contribution is -0.0505. The zero-order valence-corrected chi connectivity index (χ0v) is 11.3. The summed E-state index contributed by atoms with van der Waals surface area (Å²) in [6, 6.07) is 1.53. The Hall–Kier alpha value is -1.82. The SMILES string of the molecule is COc1cnccc1[C@]1(O)C[C@H]2CC[C@@H](C1)N2C(=O)O. The van der Waals surface area contributed by atoms with Crippen LogP contribution in [0.15, 0.2) is 18.5 Å². The summed E-state index contributed by atoms with van der Waals surface area (Å²) in [7, 11) is 1.55. The van der Waals surface area contributed by atoms with Gasteiger partial charge in [0.05, 0.1) is 18.9 Å². The predicted molar refractivity (Wildman–Crippen MR) is 70.6 cm³/mol. The summed E-state index contributed by atoms with van der Waals surface area (Å²) < 4.78 is 5.28. The molecule has 3 rings (SSSR count). The Morgan fingerprint density at radius 2 is 2.10 bits per heavy atom. The number of pyridine rings is 1. The summed E-state index contributed by atoms with van der Waals surface area (Å²) in [5.41, 5.74) is -0.330. The molecule has 1 aromatic heterocycles. The summed E-state index contributed by atoms with van der Waals surface area (Å²) in [5.74, 6) is 0.554. The Labute approximate surface area is 117 Å². The zero-order chi connectivity index (χ0) is 14.3. The smallest absolute Gasteiger partial charge is 0.407 e. The molecule has 6 heteroatoms. The van der Waals surface area contributed by atoms with Gasteiger partial charge in [0, 0.05) is 36.7 Å². The van der Waals surface area contributed by atoms with E-state index in [2.05, 4.69) is 4.98 Å². The van der Waals surface area contributed by atoms with E-state index in [1.807, 2.05) is 0 Å². The number of nitrogens with zero attached hydrogens (tertiary/aromatic N) is 2. The number of amides is 1. The van der Waals surface area contributed by atoms with Crippen LogP contribution >= 0.6 is 0 Å². The van der Waals surface area contributed by atoms with Gasteiger partial charge >= 0.3 is 6.09 Å². The maximum Gasteiger partial charge on any atom is 0.407 e. The van der Waals surface area contributed by atoms with E-state index in [0.29, 0.717) is 24.2 Å². The number of hydrogen-bond acceptors (Lipinski definition) is 4. The van der Waals surface area contributed by atoms with Crippen molar-refractivity contribution in [2.75, 3.05) is 7.11 Å². The van der Waals surface area contributed by atoms with Gasteiger partial charge in [-0.3, -0.25) is 4.98 Å². The number of carbonyl (C=O) groups is 1. The Kier molecular flexibility index (Phi) is 3.05. The molecule has 0 aliphatic carbocycles. The first-order valence-corrected chi connectivity index (χ1v) is 6.77. The standard InChI is InChI=1S/C14H18N2O4/c1-20-12-8-15-5-4-11(12)14(19)6-9-2-3-10(7-14)16(9)13(17)18/h4-5,8-10,19H,2-3,6-7H2,1H3,(H,17,18)/t9-,10+,14+. The molecule has 2 bridgehead atoms. The van der Waals surface area contributed by atoms with Gasteiger partial charge in [-0.2, -0.15) is 0 Å². The maximum absolute atomic E-state index is 11.3. The van der Waals surface area contributed by atoms with Crippen molar-refractivity contribution >= 4 is 6.09 Å². The molecule has 20 heavy (non-hydrogen) atoms. The lowest BCUT2D eigenvalue weighted by atomic mass is 9.80. The molecule has 0 unspecified atom stereocenters. The highest BCUT2D eigenvalue weighted by Crippen LogP contribution is 2.47. The first-order chi connectivity index (χ1) is 9.55. The van der Waals surface area contributed by atoms with Gasteiger partial charge in [0.25, 0.3) is 0 Å². The molecule has 2 saturated heterocycles. The number of rotatable bonds is 2. The first kappa shape index (κ1) is 13.2. The lowest BCUT2D eigenvalue weighted by Gasteiger charge is -2.43. The van der Waals surface area contributed by atoms with Crippen LogP contribution < -0.4 is 4.74 Å².